The van der Waals surface area contributed by atoms with Gasteiger partial charge in [0.2, 0.25) is 0 Å². The average Bonchev–Trinajstić information content (AvgIpc) is 2.23. The van der Waals surface area contributed by atoms with Gasteiger partial charge < -0.3 is 0 Å². The van der Waals surface area contributed by atoms with Gasteiger partial charge in [-0.05, 0) is 30.2 Å². The fourth-order valence-corrected chi connectivity index (χ4v) is 1.30. The van der Waals surface area contributed by atoms with Crippen molar-refractivity contribution in [3.05, 3.63) is 65.8 Å². The molecular formula is C12H11N2. The fourth-order valence-electron chi connectivity index (χ4n) is 1.30. The lowest BCUT2D eigenvalue weighted by Gasteiger charge is -2.02. The van der Waals surface area contributed by atoms with E-state index in [1.807, 2.05) is 30.7 Å². The predicted molar refractivity (Wildman–Crippen MR) is 55.7 cm³/mol. The van der Waals surface area contributed by atoms with Gasteiger partial charge in [-0.2, -0.15) is 10.2 Å². The molecule has 0 saturated carbocycles. The van der Waals surface area contributed by atoms with Gasteiger partial charge in [-0.1, -0.05) is 24.3 Å². The molecule has 0 amide bonds. The Labute approximate surface area is 83.6 Å². The van der Waals surface area contributed by atoms with Crippen LogP contribution in [0, 0.1) is 13.3 Å². The molecule has 1 heterocycles. The normalized spacial score (nSPS) is 10.1. The number of benzene rings is 1. The van der Waals surface area contributed by atoms with Gasteiger partial charge in [0.05, 0.1) is 5.69 Å². The van der Waals surface area contributed by atoms with E-state index in [1.165, 1.54) is 11.1 Å². The van der Waals surface area contributed by atoms with Crippen LogP contribution in [0.25, 0.3) is 0 Å². The first kappa shape index (κ1) is 8.88. The van der Waals surface area contributed by atoms with E-state index in [0.29, 0.717) is 0 Å². The predicted octanol–water partition coefficient (Wildman–Crippen LogP) is 2.39. The highest BCUT2D eigenvalue weighted by atomic mass is 15.1. The molecule has 0 bridgehead atoms. The number of hydrogen-bond acceptors (Lipinski definition) is 2. The second kappa shape index (κ2) is 4.01. The van der Waals surface area contributed by atoms with Crippen molar-refractivity contribution in [2.24, 2.45) is 0 Å². The average molecular weight is 183 g/mol. The summed E-state index contributed by atoms with van der Waals surface area (Å²) in [5, 5.41) is 7.84. The summed E-state index contributed by atoms with van der Waals surface area (Å²) >= 11 is 0. The maximum Gasteiger partial charge on any atom is 0.0716 e. The second-order valence-electron chi connectivity index (χ2n) is 3.15. The van der Waals surface area contributed by atoms with Crippen LogP contribution >= 0.6 is 0 Å². The number of aryl methyl sites for hydroxylation is 1. The van der Waals surface area contributed by atoms with Gasteiger partial charge in [0.1, 0.15) is 0 Å². The van der Waals surface area contributed by atoms with Gasteiger partial charge in [0, 0.05) is 12.6 Å². The SMILES string of the molecule is Cc1ccccc1[CH]c1cccnn1. The van der Waals surface area contributed by atoms with Gasteiger partial charge in [-0.25, -0.2) is 0 Å². The maximum absolute atomic E-state index is 4.01. The molecule has 2 nitrogen and oxygen atoms in total. The highest BCUT2D eigenvalue weighted by molar-refractivity contribution is 5.37. The highest BCUT2D eigenvalue weighted by Crippen LogP contribution is 2.12. The van der Waals surface area contributed by atoms with Crippen molar-refractivity contribution in [3.8, 4) is 0 Å². The van der Waals surface area contributed by atoms with Crippen LogP contribution in [0.15, 0.2) is 42.6 Å². The first-order valence-electron chi connectivity index (χ1n) is 4.54. The molecule has 2 aromatic rings. The van der Waals surface area contributed by atoms with E-state index in [-0.39, 0.29) is 0 Å². The molecule has 0 fully saturated rings. The largest absolute Gasteiger partial charge is 0.159 e. The number of nitrogens with zero attached hydrogens (tertiary/aromatic N) is 2. The monoisotopic (exact) mass is 183 g/mol. The van der Waals surface area contributed by atoms with Crippen molar-refractivity contribution in [1.82, 2.24) is 10.2 Å². The van der Waals surface area contributed by atoms with Crippen LogP contribution in [0.1, 0.15) is 16.8 Å². The smallest absolute Gasteiger partial charge is 0.0716 e. The standard InChI is InChI=1S/C12H11N2/c1-10-5-2-3-6-11(10)9-12-7-4-8-13-14-12/h2-9H,1H3. The van der Waals surface area contributed by atoms with E-state index in [1.54, 1.807) is 6.20 Å². The zero-order valence-corrected chi connectivity index (χ0v) is 8.01. The summed E-state index contributed by atoms with van der Waals surface area (Å²) in [6.07, 6.45) is 3.71. The summed E-state index contributed by atoms with van der Waals surface area (Å²) in [6.45, 7) is 2.09. The van der Waals surface area contributed by atoms with Gasteiger partial charge in [0.25, 0.3) is 0 Å². The molecule has 1 aromatic heterocycles. The molecule has 1 radical (unpaired) electrons. The molecule has 0 atom stereocenters. The minimum atomic E-state index is 0.891. The van der Waals surface area contributed by atoms with Crippen LogP contribution in [-0.4, -0.2) is 10.2 Å². The van der Waals surface area contributed by atoms with Crippen molar-refractivity contribution >= 4 is 0 Å². The molecule has 0 spiro atoms. The summed E-state index contributed by atoms with van der Waals surface area (Å²) in [7, 11) is 0. The summed E-state index contributed by atoms with van der Waals surface area (Å²) < 4.78 is 0. The van der Waals surface area contributed by atoms with E-state index in [2.05, 4.69) is 29.3 Å². The third kappa shape index (κ3) is 1.96. The fraction of sp³-hybridized carbons (Fsp3) is 0.0833. The summed E-state index contributed by atoms with van der Waals surface area (Å²) in [5.74, 6) is 0. The van der Waals surface area contributed by atoms with E-state index >= 15 is 0 Å². The zero-order valence-electron chi connectivity index (χ0n) is 8.01. The molecule has 0 unspecified atom stereocenters. The number of aromatic nitrogens is 2. The Morgan fingerprint density at radius 3 is 2.64 bits per heavy atom. The van der Waals surface area contributed by atoms with E-state index in [4.69, 9.17) is 0 Å². The molecular weight excluding hydrogens is 172 g/mol. The van der Waals surface area contributed by atoms with Crippen LogP contribution in [0.3, 0.4) is 0 Å². The summed E-state index contributed by atoms with van der Waals surface area (Å²) in [5.41, 5.74) is 3.33. The van der Waals surface area contributed by atoms with Crippen LogP contribution < -0.4 is 0 Å². The molecule has 1 aromatic carbocycles. The Morgan fingerprint density at radius 1 is 1.07 bits per heavy atom. The first-order valence-corrected chi connectivity index (χ1v) is 4.54. The van der Waals surface area contributed by atoms with Gasteiger partial charge in [0.15, 0.2) is 0 Å². The minimum Gasteiger partial charge on any atom is -0.159 e. The third-order valence-electron chi connectivity index (χ3n) is 2.08. The van der Waals surface area contributed by atoms with E-state index in [9.17, 15) is 0 Å². The summed E-state index contributed by atoms with van der Waals surface area (Å²) in [6, 6.07) is 12.0. The lowest BCUT2D eigenvalue weighted by atomic mass is 10.0. The lowest BCUT2D eigenvalue weighted by molar-refractivity contribution is 0.990. The van der Waals surface area contributed by atoms with Crippen LogP contribution in [-0.2, 0) is 0 Å². The second-order valence-corrected chi connectivity index (χ2v) is 3.15. The number of hydrogen-bond donors (Lipinski definition) is 0. The molecule has 0 aliphatic carbocycles. The molecule has 0 N–H and O–H groups in total. The number of rotatable bonds is 2. The Kier molecular flexibility index (Phi) is 2.54. The molecule has 0 saturated heterocycles. The molecule has 0 aliphatic rings. The van der Waals surface area contributed by atoms with Crippen molar-refractivity contribution < 1.29 is 0 Å². The summed E-state index contributed by atoms with van der Waals surface area (Å²) in [4.78, 5) is 0. The zero-order chi connectivity index (χ0) is 9.80. The van der Waals surface area contributed by atoms with Crippen LogP contribution in [0.2, 0.25) is 0 Å². The van der Waals surface area contributed by atoms with E-state index in [0.717, 1.165) is 5.69 Å². The van der Waals surface area contributed by atoms with Gasteiger partial charge >= 0.3 is 0 Å². The quantitative estimate of drug-likeness (QED) is 0.714. The molecule has 2 heteroatoms. The van der Waals surface area contributed by atoms with Gasteiger partial charge in [-0.15, -0.1) is 0 Å². The maximum atomic E-state index is 4.01. The molecule has 69 valence electrons. The van der Waals surface area contributed by atoms with Crippen molar-refractivity contribution in [1.29, 1.82) is 0 Å². The van der Waals surface area contributed by atoms with Crippen molar-refractivity contribution in [2.45, 2.75) is 6.92 Å². The van der Waals surface area contributed by atoms with Gasteiger partial charge in [-0.3, -0.25) is 0 Å². The first-order chi connectivity index (χ1) is 6.86. The Hall–Kier alpha value is -1.70. The molecule has 0 aliphatic heterocycles. The minimum absolute atomic E-state index is 0.891. The van der Waals surface area contributed by atoms with Crippen molar-refractivity contribution in [3.63, 3.8) is 0 Å². The van der Waals surface area contributed by atoms with Crippen molar-refractivity contribution in [2.75, 3.05) is 0 Å². The Bertz CT molecular complexity index is 410. The third-order valence-corrected chi connectivity index (χ3v) is 2.08. The lowest BCUT2D eigenvalue weighted by Crippen LogP contribution is -1.92. The molecule has 2 rings (SSSR count). The Morgan fingerprint density at radius 2 is 1.93 bits per heavy atom. The highest BCUT2D eigenvalue weighted by Gasteiger charge is 2.00. The Balaban J connectivity index is 2.24. The van der Waals surface area contributed by atoms with Crippen LogP contribution in [0.5, 0.6) is 0 Å². The van der Waals surface area contributed by atoms with Crippen LogP contribution in [0.4, 0.5) is 0 Å². The topological polar surface area (TPSA) is 25.8 Å². The van der Waals surface area contributed by atoms with E-state index < -0.39 is 0 Å². The molecule has 14 heavy (non-hydrogen) atoms.